The number of aryl methyl sites for hydroxylation is 1. The largest absolute Gasteiger partial charge is 0.205 e. The first-order chi connectivity index (χ1) is 8.70. The summed E-state index contributed by atoms with van der Waals surface area (Å²) < 4.78 is 2.11. The quantitative estimate of drug-likeness (QED) is 0.730. The van der Waals surface area contributed by atoms with Gasteiger partial charge in [0.2, 0.25) is 0 Å². The number of hydrogen-bond acceptors (Lipinski definition) is 0. The Labute approximate surface area is 117 Å². The highest BCUT2D eigenvalue weighted by atomic mass is 35.5. The van der Waals surface area contributed by atoms with Gasteiger partial charge in [-0.2, -0.15) is 0 Å². The van der Waals surface area contributed by atoms with Crippen molar-refractivity contribution in [1.29, 1.82) is 0 Å². The van der Waals surface area contributed by atoms with Crippen LogP contribution in [0.2, 0.25) is 10.0 Å². The van der Waals surface area contributed by atoms with E-state index >= 15 is 0 Å². The van der Waals surface area contributed by atoms with Crippen LogP contribution >= 0.6 is 23.2 Å². The number of aromatic nitrogens is 1. The second kappa shape index (κ2) is 6.03. The van der Waals surface area contributed by atoms with Crippen LogP contribution in [0, 0.1) is 0 Å². The first kappa shape index (κ1) is 13.1. The summed E-state index contributed by atoms with van der Waals surface area (Å²) in [5.74, 6) is 0. The predicted octanol–water partition coefficient (Wildman–Crippen LogP) is 4.47. The van der Waals surface area contributed by atoms with E-state index in [0.29, 0.717) is 10.0 Å². The van der Waals surface area contributed by atoms with Gasteiger partial charge in [0.15, 0.2) is 12.4 Å². The number of rotatable bonds is 3. The Kier molecular flexibility index (Phi) is 4.40. The van der Waals surface area contributed by atoms with Crippen molar-refractivity contribution in [3.63, 3.8) is 0 Å². The van der Waals surface area contributed by atoms with Crippen LogP contribution in [0.1, 0.15) is 18.1 Å². The molecule has 0 spiro atoms. The Bertz CT molecular complexity index is 539. The average Bonchev–Trinajstić information content (AvgIpc) is 2.39. The summed E-state index contributed by atoms with van der Waals surface area (Å²) >= 11 is 12.2. The summed E-state index contributed by atoms with van der Waals surface area (Å²) in [5, 5.41) is 1.33. The lowest BCUT2D eigenvalue weighted by atomic mass is 10.1. The van der Waals surface area contributed by atoms with Crippen molar-refractivity contribution in [3.05, 3.63) is 63.9 Å². The summed E-state index contributed by atoms with van der Waals surface area (Å²) in [5.41, 5.74) is 1.98. The van der Waals surface area contributed by atoms with Crippen LogP contribution in [0.25, 0.3) is 12.2 Å². The average molecular weight is 279 g/mol. The second-order valence-corrected chi connectivity index (χ2v) is 4.74. The highest BCUT2D eigenvalue weighted by Gasteiger charge is 2.01. The van der Waals surface area contributed by atoms with Gasteiger partial charge in [0.05, 0.1) is 0 Å². The number of hydrogen-bond donors (Lipinski definition) is 0. The zero-order valence-electron chi connectivity index (χ0n) is 10.1. The highest BCUT2D eigenvalue weighted by molar-refractivity contribution is 6.37. The van der Waals surface area contributed by atoms with Gasteiger partial charge in [-0.3, -0.25) is 0 Å². The number of halogens is 2. The molecule has 0 saturated carbocycles. The van der Waals surface area contributed by atoms with Crippen LogP contribution in [0.15, 0.2) is 42.7 Å². The van der Waals surface area contributed by atoms with Crippen molar-refractivity contribution in [3.8, 4) is 0 Å². The molecular formula is C15H14Cl2N+. The van der Waals surface area contributed by atoms with Crippen molar-refractivity contribution in [2.24, 2.45) is 0 Å². The fourth-order valence-corrected chi connectivity index (χ4v) is 2.16. The van der Waals surface area contributed by atoms with Crippen LogP contribution < -0.4 is 4.57 Å². The summed E-state index contributed by atoms with van der Waals surface area (Å²) in [7, 11) is 0. The smallest absolute Gasteiger partial charge is 0.169 e. The minimum Gasteiger partial charge on any atom is -0.205 e. The first-order valence-corrected chi connectivity index (χ1v) is 6.57. The second-order valence-electron chi connectivity index (χ2n) is 3.93. The number of nitrogens with zero attached hydrogens (tertiary/aromatic N) is 1. The van der Waals surface area contributed by atoms with Crippen molar-refractivity contribution < 1.29 is 4.57 Å². The normalized spacial score (nSPS) is 11.1. The Morgan fingerprint density at radius 3 is 2.17 bits per heavy atom. The van der Waals surface area contributed by atoms with Gasteiger partial charge in [-0.25, -0.2) is 4.57 Å². The Balaban J connectivity index is 2.24. The van der Waals surface area contributed by atoms with E-state index in [-0.39, 0.29) is 0 Å². The minimum atomic E-state index is 0.665. The topological polar surface area (TPSA) is 3.88 Å². The molecule has 18 heavy (non-hydrogen) atoms. The van der Waals surface area contributed by atoms with E-state index in [1.54, 1.807) is 0 Å². The number of pyridine rings is 1. The molecule has 0 atom stereocenters. The van der Waals surface area contributed by atoms with Crippen molar-refractivity contribution >= 4 is 35.4 Å². The molecule has 0 saturated heterocycles. The van der Waals surface area contributed by atoms with Gasteiger partial charge in [0.25, 0.3) is 0 Å². The molecule has 3 heteroatoms. The fraction of sp³-hybridized carbons (Fsp3) is 0.133. The van der Waals surface area contributed by atoms with E-state index in [1.807, 2.05) is 42.7 Å². The highest BCUT2D eigenvalue weighted by Crippen LogP contribution is 2.26. The van der Waals surface area contributed by atoms with Crippen LogP contribution in [0.5, 0.6) is 0 Å². The molecule has 1 aromatic carbocycles. The molecule has 92 valence electrons. The molecule has 2 aromatic rings. The molecule has 0 radical (unpaired) electrons. The Morgan fingerprint density at radius 2 is 1.61 bits per heavy atom. The molecule has 1 aromatic heterocycles. The van der Waals surface area contributed by atoms with Gasteiger partial charge in [0.1, 0.15) is 6.54 Å². The van der Waals surface area contributed by atoms with Crippen LogP contribution in [-0.2, 0) is 6.54 Å². The summed E-state index contributed by atoms with van der Waals surface area (Å²) in [6.45, 7) is 3.08. The molecule has 0 aliphatic carbocycles. The standard InChI is InChI=1S/C15H14Cl2N/c1-2-18-10-8-12(9-11-18)6-7-13-14(16)4-3-5-15(13)17/h3-11H,2H2,1H3/q+1. The summed E-state index contributed by atoms with van der Waals surface area (Å²) in [6, 6.07) is 9.64. The summed E-state index contributed by atoms with van der Waals surface area (Å²) in [4.78, 5) is 0. The van der Waals surface area contributed by atoms with Crippen LogP contribution in [0.3, 0.4) is 0 Å². The van der Waals surface area contributed by atoms with E-state index in [1.165, 1.54) is 0 Å². The van der Waals surface area contributed by atoms with Crippen molar-refractivity contribution in [1.82, 2.24) is 0 Å². The zero-order chi connectivity index (χ0) is 13.0. The minimum absolute atomic E-state index is 0.665. The van der Waals surface area contributed by atoms with Crippen LogP contribution in [0.4, 0.5) is 0 Å². The van der Waals surface area contributed by atoms with E-state index in [2.05, 4.69) is 23.6 Å². The molecule has 0 amide bonds. The van der Waals surface area contributed by atoms with E-state index < -0.39 is 0 Å². The van der Waals surface area contributed by atoms with Gasteiger partial charge < -0.3 is 0 Å². The number of benzene rings is 1. The van der Waals surface area contributed by atoms with Gasteiger partial charge in [-0.15, -0.1) is 0 Å². The Morgan fingerprint density at radius 1 is 1.00 bits per heavy atom. The van der Waals surface area contributed by atoms with Crippen molar-refractivity contribution in [2.45, 2.75) is 13.5 Å². The maximum atomic E-state index is 6.10. The third-order valence-corrected chi connectivity index (χ3v) is 3.38. The molecule has 2 rings (SSSR count). The van der Waals surface area contributed by atoms with E-state index in [0.717, 1.165) is 17.7 Å². The lowest BCUT2D eigenvalue weighted by molar-refractivity contribution is -0.693. The molecule has 0 aliphatic heterocycles. The van der Waals surface area contributed by atoms with Gasteiger partial charge in [-0.1, -0.05) is 41.4 Å². The lowest BCUT2D eigenvalue weighted by Gasteiger charge is -2.00. The lowest BCUT2D eigenvalue weighted by Crippen LogP contribution is -2.30. The molecule has 1 heterocycles. The third kappa shape index (κ3) is 3.12. The van der Waals surface area contributed by atoms with Gasteiger partial charge in [0, 0.05) is 27.7 Å². The molecule has 0 unspecified atom stereocenters. The first-order valence-electron chi connectivity index (χ1n) is 5.82. The molecule has 0 fully saturated rings. The SMILES string of the molecule is CC[n+]1ccc(C=Cc2c(Cl)cccc2Cl)cc1. The third-order valence-electron chi connectivity index (χ3n) is 2.72. The van der Waals surface area contributed by atoms with E-state index in [4.69, 9.17) is 23.2 Å². The van der Waals surface area contributed by atoms with Gasteiger partial charge in [-0.05, 0) is 24.6 Å². The summed E-state index contributed by atoms with van der Waals surface area (Å²) in [6.07, 6.45) is 8.05. The van der Waals surface area contributed by atoms with Crippen LogP contribution in [-0.4, -0.2) is 0 Å². The maximum absolute atomic E-state index is 6.10. The molecule has 0 N–H and O–H groups in total. The maximum Gasteiger partial charge on any atom is 0.169 e. The monoisotopic (exact) mass is 278 g/mol. The van der Waals surface area contributed by atoms with Gasteiger partial charge >= 0.3 is 0 Å². The fourth-order valence-electron chi connectivity index (χ4n) is 1.64. The molecule has 0 aliphatic rings. The molecular weight excluding hydrogens is 265 g/mol. The predicted molar refractivity (Wildman–Crippen MR) is 77.7 cm³/mol. The molecule has 0 bridgehead atoms. The molecule has 1 nitrogen and oxygen atoms in total. The van der Waals surface area contributed by atoms with E-state index in [9.17, 15) is 0 Å². The Hall–Kier alpha value is -1.31. The zero-order valence-corrected chi connectivity index (χ0v) is 11.6. The van der Waals surface area contributed by atoms with Crippen molar-refractivity contribution in [2.75, 3.05) is 0 Å².